The molecule has 2 aromatic rings. The first-order valence-corrected chi connectivity index (χ1v) is 9.56. The van der Waals surface area contributed by atoms with Crippen LogP contribution in [-0.4, -0.2) is 40.4 Å². The van der Waals surface area contributed by atoms with Crippen molar-refractivity contribution >= 4 is 29.9 Å². The minimum Gasteiger partial charge on any atom is -0.497 e. The van der Waals surface area contributed by atoms with Gasteiger partial charge >= 0.3 is 0 Å². The lowest BCUT2D eigenvalue weighted by Crippen LogP contribution is -2.37. The van der Waals surface area contributed by atoms with Crippen LogP contribution in [0.5, 0.6) is 17.2 Å². The molecule has 0 heterocycles. The fourth-order valence-electron chi connectivity index (χ4n) is 2.78. The van der Waals surface area contributed by atoms with Gasteiger partial charge in [0.1, 0.15) is 17.2 Å². The molecular formula is C22H32IN3O3. The Morgan fingerprint density at radius 1 is 0.897 bits per heavy atom. The number of hydrogen-bond donors (Lipinski definition) is 2. The zero-order valence-electron chi connectivity index (χ0n) is 17.7. The van der Waals surface area contributed by atoms with Gasteiger partial charge in [-0.2, -0.15) is 0 Å². The van der Waals surface area contributed by atoms with Crippen LogP contribution in [0, 0.1) is 0 Å². The maximum absolute atomic E-state index is 5.45. The zero-order valence-corrected chi connectivity index (χ0v) is 20.0. The summed E-state index contributed by atoms with van der Waals surface area (Å²) >= 11 is 0. The molecule has 2 rings (SSSR count). The summed E-state index contributed by atoms with van der Waals surface area (Å²) in [5.41, 5.74) is 2.31. The fourth-order valence-corrected chi connectivity index (χ4v) is 2.78. The number of guanidine groups is 1. The molecule has 2 aromatic carbocycles. The number of methoxy groups -OCH3 is 3. The van der Waals surface area contributed by atoms with E-state index >= 15 is 0 Å². The molecule has 29 heavy (non-hydrogen) atoms. The number of hydrogen-bond acceptors (Lipinski definition) is 4. The minimum absolute atomic E-state index is 0. The quantitative estimate of drug-likeness (QED) is 0.218. The summed E-state index contributed by atoms with van der Waals surface area (Å²) in [5, 5.41) is 6.68. The predicted octanol–water partition coefficient (Wildman–Crippen LogP) is 4.02. The van der Waals surface area contributed by atoms with E-state index in [1.807, 2.05) is 30.3 Å². The summed E-state index contributed by atoms with van der Waals surface area (Å²) < 4.78 is 15.9. The largest absolute Gasteiger partial charge is 0.497 e. The summed E-state index contributed by atoms with van der Waals surface area (Å²) in [5.74, 6) is 3.24. The molecule has 2 N–H and O–H groups in total. The van der Waals surface area contributed by atoms with Crippen molar-refractivity contribution in [2.45, 2.75) is 26.3 Å². The molecule has 0 atom stereocenters. The van der Waals surface area contributed by atoms with Gasteiger partial charge < -0.3 is 24.8 Å². The van der Waals surface area contributed by atoms with E-state index in [1.54, 1.807) is 21.3 Å². The summed E-state index contributed by atoms with van der Waals surface area (Å²) in [6, 6.07) is 14.0. The molecule has 0 aliphatic rings. The second kappa shape index (κ2) is 13.9. The van der Waals surface area contributed by atoms with Crippen LogP contribution >= 0.6 is 24.0 Å². The Morgan fingerprint density at radius 2 is 1.59 bits per heavy atom. The predicted molar refractivity (Wildman–Crippen MR) is 129 cm³/mol. The summed E-state index contributed by atoms with van der Waals surface area (Å²) in [6.45, 7) is 4.24. The lowest BCUT2D eigenvalue weighted by Gasteiger charge is -2.13. The fraction of sp³-hybridized carbons (Fsp3) is 0.409. The molecule has 7 heteroatoms. The van der Waals surface area contributed by atoms with E-state index in [1.165, 1.54) is 5.56 Å². The minimum atomic E-state index is 0. The van der Waals surface area contributed by atoms with Crippen molar-refractivity contribution < 1.29 is 14.2 Å². The lowest BCUT2D eigenvalue weighted by atomic mass is 10.1. The number of nitrogens with one attached hydrogen (secondary N) is 2. The third-order valence-electron chi connectivity index (χ3n) is 4.34. The Labute approximate surface area is 191 Å². The van der Waals surface area contributed by atoms with Gasteiger partial charge in [0.2, 0.25) is 0 Å². The highest BCUT2D eigenvalue weighted by Crippen LogP contribution is 2.25. The van der Waals surface area contributed by atoms with Gasteiger partial charge in [-0.05, 0) is 49.6 Å². The first kappa shape index (κ1) is 24.9. The van der Waals surface area contributed by atoms with E-state index < -0.39 is 0 Å². The van der Waals surface area contributed by atoms with E-state index in [0.29, 0.717) is 6.54 Å². The highest BCUT2D eigenvalue weighted by Gasteiger charge is 2.05. The van der Waals surface area contributed by atoms with Crippen LogP contribution in [0.2, 0.25) is 0 Å². The van der Waals surface area contributed by atoms with Gasteiger partial charge in [0.05, 0.1) is 27.9 Å². The molecule has 0 saturated heterocycles. The number of nitrogens with zero attached hydrogens (tertiary/aromatic N) is 1. The highest BCUT2D eigenvalue weighted by molar-refractivity contribution is 14.0. The number of aryl methyl sites for hydroxylation is 1. The summed E-state index contributed by atoms with van der Waals surface area (Å²) in [4.78, 5) is 4.67. The van der Waals surface area contributed by atoms with Crippen molar-refractivity contribution in [3.63, 3.8) is 0 Å². The summed E-state index contributed by atoms with van der Waals surface area (Å²) in [6.07, 6.45) is 2.02. The van der Waals surface area contributed by atoms with E-state index in [2.05, 4.69) is 34.7 Å². The van der Waals surface area contributed by atoms with Crippen molar-refractivity contribution in [2.75, 3.05) is 34.4 Å². The Kier molecular flexibility index (Phi) is 11.9. The van der Waals surface area contributed by atoms with Gasteiger partial charge in [-0.3, -0.25) is 0 Å². The lowest BCUT2D eigenvalue weighted by molar-refractivity contribution is 0.391. The van der Waals surface area contributed by atoms with Crippen molar-refractivity contribution in [2.24, 2.45) is 4.99 Å². The number of ether oxygens (including phenoxy) is 3. The third-order valence-corrected chi connectivity index (χ3v) is 4.34. The smallest absolute Gasteiger partial charge is 0.191 e. The van der Waals surface area contributed by atoms with Gasteiger partial charge in [0, 0.05) is 24.7 Å². The monoisotopic (exact) mass is 513 g/mol. The van der Waals surface area contributed by atoms with E-state index in [4.69, 9.17) is 14.2 Å². The van der Waals surface area contributed by atoms with Gasteiger partial charge in [-0.1, -0.05) is 12.1 Å². The first-order chi connectivity index (χ1) is 13.7. The molecule has 0 fully saturated rings. The molecule has 0 bridgehead atoms. The maximum atomic E-state index is 5.45. The van der Waals surface area contributed by atoms with Crippen molar-refractivity contribution in [1.82, 2.24) is 10.6 Å². The Hall–Kier alpha value is -2.16. The van der Waals surface area contributed by atoms with E-state index in [9.17, 15) is 0 Å². The van der Waals surface area contributed by atoms with Gasteiger partial charge in [0.15, 0.2) is 5.96 Å². The molecule has 0 amide bonds. The van der Waals surface area contributed by atoms with Crippen molar-refractivity contribution in [3.8, 4) is 17.2 Å². The molecular weight excluding hydrogens is 481 g/mol. The molecule has 0 unspecified atom stereocenters. The highest BCUT2D eigenvalue weighted by atomic mass is 127. The summed E-state index contributed by atoms with van der Waals surface area (Å²) in [7, 11) is 4.98. The van der Waals surface area contributed by atoms with E-state index in [0.717, 1.165) is 54.7 Å². The number of aliphatic imine (C=N–C) groups is 1. The van der Waals surface area contributed by atoms with Crippen molar-refractivity contribution in [1.29, 1.82) is 0 Å². The Bertz CT molecular complexity index is 751. The molecule has 6 nitrogen and oxygen atoms in total. The second-order valence-electron chi connectivity index (χ2n) is 6.25. The standard InChI is InChI=1S/C22H31N3O3.HI/c1-5-23-22(24-14-6-7-17-8-11-19(26-2)12-9-17)25-16-18-10-13-20(27-3)15-21(18)28-4;/h8-13,15H,5-7,14,16H2,1-4H3,(H2,23,24,25);1H. The molecule has 0 aromatic heterocycles. The average Bonchev–Trinajstić information content (AvgIpc) is 2.75. The molecule has 0 aliphatic carbocycles. The maximum Gasteiger partial charge on any atom is 0.191 e. The Balaban J connectivity index is 0.00000420. The molecule has 0 radical (unpaired) electrons. The zero-order chi connectivity index (χ0) is 20.2. The van der Waals surface area contributed by atoms with Gasteiger partial charge in [0.25, 0.3) is 0 Å². The normalized spacial score (nSPS) is 10.7. The SMILES string of the molecule is CCNC(=NCc1ccc(OC)cc1OC)NCCCc1ccc(OC)cc1.I. The molecule has 0 aliphatic heterocycles. The van der Waals surface area contributed by atoms with Crippen LogP contribution in [0.15, 0.2) is 47.5 Å². The third kappa shape index (κ3) is 8.39. The Morgan fingerprint density at radius 3 is 2.21 bits per heavy atom. The topological polar surface area (TPSA) is 64.1 Å². The number of halogens is 1. The van der Waals surface area contributed by atoms with Crippen LogP contribution in [0.4, 0.5) is 0 Å². The van der Waals surface area contributed by atoms with Crippen LogP contribution in [0.1, 0.15) is 24.5 Å². The second-order valence-corrected chi connectivity index (χ2v) is 6.25. The van der Waals surface area contributed by atoms with Gasteiger partial charge in [-0.25, -0.2) is 4.99 Å². The molecule has 160 valence electrons. The number of benzene rings is 2. The van der Waals surface area contributed by atoms with Crippen LogP contribution in [0.3, 0.4) is 0 Å². The average molecular weight is 513 g/mol. The van der Waals surface area contributed by atoms with Crippen LogP contribution in [0.25, 0.3) is 0 Å². The van der Waals surface area contributed by atoms with Crippen LogP contribution < -0.4 is 24.8 Å². The molecule has 0 spiro atoms. The first-order valence-electron chi connectivity index (χ1n) is 9.56. The van der Waals surface area contributed by atoms with Crippen LogP contribution in [-0.2, 0) is 13.0 Å². The van der Waals surface area contributed by atoms with Gasteiger partial charge in [-0.15, -0.1) is 24.0 Å². The van der Waals surface area contributed by atoms with E-state index in [-0.39, 0.29) is 24.0 Å². The number of rotatable bonds is 10. The van der Waals surface area contributed by atoms with Crippen molar-refractivity contribution in [3.05, 3.63) is 53.6 Å². The molecule has 0 saturated carbocycles.